The van der Waals surface area contributed by atoms with Crippen LogP contribution >= 0.6 is 0 Å². The average Bonchev–Trinajstić information content (AvgIpc) is 2.72. The largest absolute Gasteiger partial charge is 0.481 e. The van der Waals surface area contributed by atoms with Gasteiger partial charge >= 0.3 is 5.97 Å². The zero-order valence-corrected chi connectivity index (χ0v) is 11.7. The van der Waals surface area contributed by atoms with Crippen LogP contribution in [0.25, 0.3) is 11.2 Å². The van der Waals surface area contributed by atoms with Crippen LogP contribution in [0.4, 0.5) is 0 Å². The van der Waals surface area contributed by atoms with Crippen LogP contribution in [-0.2, 0) is 11.2 Å². The lowest BCUT2D eigenvalue weighted by Gasteiger charge is -2.27. The van der Waals surface area contributed by atoms with E-state index in [9.17, 15) is 9.90 Å². The molecule has 0 bridgehead atoms. The fourth-order valence-electron chi connectivity index (χ4n) is 2.04. The third kappa shape index (κ3) is 2.32. The van der Waals surface area contributed by atoms with Gasteiger partial charge in [-0.2, -0.15) is 0 Å². The van der Waals surface area contributed by atoms with Gasteiger partial charge < -0.3 is 10.1 Å². The number of aromatic nitrogens is 3. The zero-order chi connectivity index (χ0) is 14.2. The summed E-state index contributed by atoms with van der Waals surface area (Å²) in [5.41, 5.74) is 1.76. The lowest BCUT2D eigenvalue weighted by molar-refractivity contribution is -0.150. The SMILES string of the molecule is Cc1ccnc2nc(CC(C)(C(=O)O)C(C)C)[nH]c12. The highest BCUT2D eigenvalue weighted by Gasteiger charge is 2.37. The first kappa shape index (κ1) is 13.5. The molecule has 5 heteroatoms. The van der Waals surface area contributed by atoms with E-state index in [4.69, 9.17) is 0 Å². The summed E-state index contributed by atoms with van der Waals surface area (Å²) in [7, 11) is 0. The van der Waals surface area contributed by atoms with Crippen LogP contribution in [0.5, 0.6) is 0 Å². The molecule has 102 valence electrons. The number of imidazole rings is 1. The molecular formula is C14H19N3O2. The van der Waals surface area contributed by atoms with Crippen LogP contribution in [0.15, 0.2) is 12.3 Å². The second-order valence-electron chi connectivity index (χ2n) is 5.56. The van der Waals surface area contributed by atoms with Gasteiger partial charge in [0, 0.05) is 12.6 Å². The molecule has 5 nitrogen and oxygen atoms in total. The molecule has 0 aromatic carbocycles. The molecule has 0 saturated heterocycles. The highest BCUT2D eigenvalue weighted by Crippen LogP contribution is 2.31. The van der Waals surface area contributed by atoms with E-state index >= 15 is 0 Å². The molecule has 0 aliphatic rings. The minimum Gasteiger partial charge on any atom is -0.481 e. The Labute approximate surface area is 112 Å². The molecule has 2 N–H and O–H groups in total. The van der Waals surface area contributed by atoms with Gasteiger partial charge in [0.2, 0.25) is 0 Å². The summed E-state index contributed by atoms with van der Waals surface area (Å²) in [6.45, 7) is 7.57. The van der Waals surface area contributed by atoms with Crippen molar-refractivity contribution >= 4 is 17.1 Å². The van der Waals surface area contributed by atoms with Crippen LogP contribution in [0, 0.1) is 18.3 Å². The maximum atomic E-state index is 11.5. The molecule has 2 aromatic heterocycles. The van der Waals surface area contributed by atoms with E-state index in [0.717, 1.165) is 11.1 Å². The summed E-state index contributed by atoms with van der Waals surface area (Å²) in [6.07, 6.45) is 2.08. The van der Waals surface area contributed by atoms with Crippen LogP contribution in [0.2, 0.25) is 0 Å². The van der Waals surface area contributed by atoms with Crippen molar-refractivity contribution in [1.29, 1.82) is 0 Å². The van der Waals surface area contributed by atoms with E-state index in [0.29, 0.717) is 17.9 Å². The average molecular weight is 261 g/mol. The molecule has 0 aliphatic carbocycles. The lowest BCUT2D eigenvalue weighted by Crippen LogP contribution is -2.35. The molecule has 1 unspecified atom stereocenters. The molecular weight excluding hydrogens is 242 g/mol. The number of rotatable bonds is 4. The second-order valence-corrected chi connectivity index (χ2v) is 5.56. The predicted octanol–water partition coefficient (Wildman–Crippen LogP) is 2.56. The van der Waals surface area contributed by atoms with Crippen molar-refractivity contribution in [2.24, 2.45) is 11.3 Å². The number of aliphatic carboxylic acids is 1. The fraction of sp³-hybridized carbons (Fsp3) is 0.500. The summed E-state index contributed by atoms with van der Waals surface area (Å²) in [6, 6.07) is 1.91. The number of nitrogens with one attached hydrogen (secondary N) is 1. The molecule has 0 fully saturated rings. The molecule has 0 aliphatic heterocycles. The number of nitrogens with zero attached hydrogens (tertiary/aromatic N) is 2. The minimum absolute atomic E-state index is 0.0206. The number of carboxylic acid groups (broad SMARTS) is 1. The van der Waals surface area contributed by atoms with Gasteiger partial charge in [-0.25, -0.2) is 9.97 Å². The molecule has 2 heterocycles. The van der Waals surface area contributed by atoms with Crippen LogP contribution in [-0.4, -0.2) is 26.0 Å². The normalized spacial score (nSPS) is 14.8. The van der Waals surface area contributed by atoms with Crippen molar-refractivity contribution in [2.75, 3.05) is 0 Å². The number of aryl methyl sites for hydroxylation is 1. The van der Waals surface area contributed by atoms with E-state index in [-0.39, 0.29) is 5.92 Å². The van der Waals surface area contributed by atoms with Crippen molar-refractivity contribution in [3.63, 3.8) is 0 Å². The maximum Gasteiger partial charge on any atom is 0.310 e. The predicted molar refractivity (Wildman–Crippen MR) is 72.9 cm³/mol. The summed E-state index contributed by atoms with van der Waals surface area (Å²) >= 11 is 0. The van der Waals surface area contributed by atoms with Gasteiger partial charge in [0.15, 0.2) is 5.65 Å². The molecule has 2 aromatic rings. The number of hydrogen-bond acceptors (Lipinski definition) is 3. The van der Waals surface area contributed by atoms with Crippen molar-refractivity contribution in [3.8, 4) is 0 Å². The van der Waals surface area contributed by atoms with E-state index in [1.807, 2.05) is 26.8 Å². The zero-order valence-electron chi connectivity index (χ0n) is 11.7. The maximum absolute atomic E-state index is 11.5. The Balaban J connectivity index is 2.40. The van der Waals surface area contributed by atoms with Gasteiger partial charge in [-0.05, 0) is 31.4 Å². The van der Waals surface area contributed by atoms with Gasteiger partial charge in [-0.1, -0.05) is 13.8 Å². The van der Waals surface area contributed by atoms with Crippen molar-refractivity contribution in [3.05, 3.63) is 23.7 Å². The second kappa shape index (κ2) is 4.64. The molecule has 0 radical (unpaired) electrons. The fourth-order valence-corrected chi connectivity index (χ4v) is 2.04. The van der Waals surface area contributed by atoms with E-state index in [1.165, 1.54) is 0 Å². The Morgan fingerprint density at radius 1 is 1.53 bits per heavy atom. The highest BCUT2D eigenvalue weighted by atomic mass is 16.4. The van der Waals surface area contributed by atoms with E-state index in [1.54, 1.807) is 13.1 Å². The quantitative estimate of drug-likeness (QED) is 0.886. The van der Waals surface area contributed by atoms with Crippen molar-refractivity contribution in [1.82, 2.24) is 15.0 Å². The molecule has 2 rings (SSSR count). The number of H-pyrrole nitrogens is 1. The van der Waals surface area contributed by atoms with Gasteiger partial charge in [0.25, 0.3) is 0 Å². The first-order valence-electron chi connectivity index (χ1n) is 6.38. The first-order chi connectivity index (χ1) is 8.84. The van der Waals surface area contributed by atoms with Crippen molar-refractivity contribution in [2.45, 2.75) is 34.1 Å². The van der Waals surface area contributed by atoms with Gasteiger partial charge in [-0.3, -0.25) is 4.79 Å². The molecule has 19 heavy (non-hydrogen) atoms. The van der Waals surface area contributed by atoms with E-state index < -0.39 is 11.4 Å². The number of carboxylic acids is 1. The third-order valence-electron chi connectivity index (χ3n) is 3.95. The Morgan fingerprint density at radius 2 is 2.21 bits per heavy atom. The lowest BCUT2D eigenvalue weighted by atomic mass is 9.76. The molecule has 0 spiro atoms. The molecule has 1 atom stereocenters. The molecule has 0 amide bonds. The minimum atomic E-state index is -0.832. The number of fused-ring (bicyclic) bond motifs is 1. The van der Waals surface area contributed by atoms with Crippen molar-refractivity contribution < 1.29 is 9.90 Å². The monoisotopic (exact) mass is 261 g/mol. The van der Waals surface area contributed by atoms with Gasteiger partial charge in [-0.15, -0.1) is 0 Å². The number of aromatic amines is 1. The van der Waals surface area contributed by atoms with Crippen LogP contribution in [0.1, 0.15) is 32.2 Å². The number of carbonyl (C=O) groups is 1. The summed E-state index contributed by atoms with van der Waals surface area (Å²) < 4.78 is 0. The third-order valence-corrected chi connectivity index (χ3v) is 3.95. The Bertz CT molecular complexity index is 618. The standard InChI is InChI=1S/C14H19N3O2/c1-8(2)14(4,13(18)19)7-10-16-11-9(3)5-6-15-12(11)17-10/h5-6,8H,7H2,1-4H3,(H,18,19)(H,15,16,17). The van der Waals surface area contributed by atoms with Crippen LogP contribution in [0.3, 0.4) is 0 Å². The highest BCUT2D eigenvalue weighted by molar-refractivity contribution is 5.76. The summed E-state index contributed by atoms with van der Waals surface area (Å²) in [4.78, 5) is 23.3. The Hall–Kier alpha value is -1.91. The van der Waals surface area contributed by atoms with E-state index in [2.05, 4.69) is 15.0 Å². The summed E-state index contributed by atoms with van der Waals surface area (Å²) in [5.74, 6) is -0.102. The van der Waals surface area contributed by atoms with Gasteiger partial charge in [0.05, 0.1) is 10.9 Å². The Kier molecular flexibility index (Phi) is 3.30. The number of pyridine rings is 1. The summed E-state index contributed by atoms with van der Waals surface area (Å²) in [5, 5.41) is 9.44. The van der Waals surface area contributed by atoms with Gasteiger partial charge in [0.1, 0.15) is 5.82 Å². The number of hydrogen-bond donors (Lipinski definition) is 2. The molecule has 0 saturated carbocycles. The smallest absolute Gasteiger partial charge is 0.310 e. The first-order valence-corrected chi connectivity index (χ1v) is 6.38. The topological polar surface area (TPSA) is 78.9 Å². The van der Waals surface area contributed by atoms with Crippen LogP contribution < -0.4 is 0 Å². The Morgan fingerprint density at radius 3 is 2.74 bits per heavy atom.